The molecule has 1 unspecified atom stereocenters. The predicted octanol–water partition coefficient (Wildman–Crippen LogP) is 1.07. The maximum Gasteiger partial charge on any atom is 0.306 e. The minimum atomic E-state index is -0.0855. The highest BCUT2D eigenvalue weighted by Gasteiger charge is 2.22. The fourth-order valence-corrected chi connectivity index (χ4v) is 1.09. The first kappa shape index (κ1) is 9.52. The SMILES string of the molecule is CC(CN)CC(=O)OC1CCC1. The summed E-state index contributed by atoms with van der Waals surface area (Å²) in [5.41, 5.74) is 5.39. The fraction of sp³-hybridized carbons (Fsp3) is 0.889. The third-order valence-electron chi connectivity index (χ3n) is 2.27. The third-order valence-corrected chi connectivity index (χ3v) is 2.27. The molecule has 0 saturated heterocycles. The van der Waals surface area contributed by atoms with E-state index in [-0.39, 0.29) is 18.0 Å². The van der Waals surface area contributed by atoms with Crippen LogP contribution in [0.2, 0.25) is 0 Å². The number of hydrogen-bond acceptors (Lipinski definition) is 3. The number of rotatable bonds is 4. The molecule has 70 valence electrons. The topological polar surface area (TPSA) is 52.3 Å². The Labute approximate surface area is 73.3 Å². The summed E-state index contributed by atoms with van der Waals surface area (Å²) in [5.74, 6) is 0.162. The molecule has 12 heavy (non-hydrogen) atoms. The van der Waals surface area contributed by atoms with E-state index in [1.165, 1.54) is 6.42 Å². The van der Waals surface area contributed by atoms with Gasteiger partial charge in [-0.3, -0.25) is 4.79 Å². The van der Waals surface area contributed by atoms with Crippen LogP contribution in [0.1, 0.15) is 32.6 Å². The van der Waals surface area contributed by atoms with Crippen LogP contribution in [0, 0.1) is 5.92 Å². The average molecular weight is 171 g/mol. The van der Waals surface area contributed by atoms with Crippen LogP contribution in [0.25, 0.3) is 0 Å². The van der Waals surface area contributed by atoms with Crippen molar-refractivity contribution < 1.29 is 9.53 Å². The largest absolute Gasteiger partial charge is 0.462 e. The van der Waals surface area contributed by atoms with Gasteiger partial charge in [-0.1, -0.05) is 6.92 Å². The molecule has 1 aliphatic rings. The zero-order valence-corrected chi connectivity index (χ0v) is 7.58. The molecule has 1 aliphatic carbocycles. The van der Waals surface area contributed by atoms with Crippen LogP contribution in [-0.4, -0.2) is 18.6 Å². The molecule has 1 atom stereocenters. The first-order valence-electron chi connectivity index (χ1n) is 4.62. The van der Waals surface area contributed by atoms with Gasteiger partial charge in [0.2, 0.25) is 0 Å². The molecule has 0 radical (unpaired) electrons. The summed E-state index contributed by atoms with van der Waals surface area (Å²) in [6, 6.07) is 0. The third kappa shape index (κ3) is 2.81. The number of esters is 1. The van der Waals surface area contributed by atoms with Crippen LogP contribution < -0.4 is 5.73 Å². The first-order valence-corrected chi connectivity index (χ1v) is 4.62. The number of carbonyl (C=O) groups is 1. The van der Waals surface area contributed by atoms with Gasteiger partial charge in [0.1, 0.15) is 6.10 Å². The molecule has 1 rings (SSSR count). The average Bonchev–Trinajstić information content (AvgIpc) is 1.97. The highest BCUT2D eigenvalue weighted by Crippen LogP contribution is 2.22. The van der Waals surface area contributed by atoms with E-state index < -0.39 is 0 Å². The normalized spacial score (nSPS) is 19.8. The Bertz CT molecular complexity index is 146. The van der Waals surface area contributed by atoms with Crippen LogP contribution in [0.3, 0.4) is 0 Å². The van der Waals surface area contributed by atoms with Gasteiger partial charge < -0.3 is 10.5 Å². The fourth-order valence-electron chi connectivity index (χ4n) is 1.09. The second-order valence-electron chi connectivity index (χ2n) is 3.59. The minimum Gasteiger partial charge on any atom is -0.462 e. The predicted molar refractivity (Wildman–Crippen MR) is 46.6 cm³/mol. The summed E-state index contributed by atoms with van der Waals surface area (Å²) in [7, 11) is 0. The van der Waals surface area contributed by atoms with Crippen LogP contribution in [0.15, 0.2) is 0 Å². The van der Waals surface area contributed by atoms with Crippen molar-refractivity contribution in [1.29, 1.82) is 0 Å². The van der Waals surface area contributed by atoms with Crippen molar-refractivity contribution >= 4 is 5.97 Å². The van der Waals surface area contributed by atoms with Crippen LogP contribution in [0.4, 0.5) is 0 Å². The zero-order chi connectivity index (χ0) is 8.97. The van der Waals surface area contributed by atoms with E-state index in [0.29, 0.717) is 13.0 Å². The molecule has 3 nitrogen and oxygen atoms in total. The summed E-state index contributed by atoms with van der Waals surface area (Å²) in [6.07, 6.45) is 3.96. The minimum absolute atomic E-state index is 0.0855. The second kappa shape index (κ2) is 4.45. The molecular formula is C9H17NO2. The molecule has 0 amide bonds. The Morgan fingerprint density at radius 3 is 2.75 bits per heavy atom. The van der Waals surface area contributed by atoms with Crippen LogP contribution in [-0.2, 0) is 9.53 Å². The second-order valence-corrected chi connectivity index (χ2v) is 3.59. The Balaban J connectivity index is 2.10. The van der Waals surface area contributed by atoms with Crippen molar-refractivity contribution in [2.75, 3.05) is 6.54 Å². The monoisotopic (exact) mass is 171 g/mol. The number of nitrogens with two attached hydrogens (primary N) is 1. The maximum atomic E-state index is 11.1. The first-order chi connectivity index (χ1) is 5.72. The van der Waals surface area contributed by atoms with E-state index in [1.54, 1.807) is 0 Å². The van der Waals surface area contributed by atoms with Gasteiger partial charge in [-0.2, -0.15) is 0 Å². The Morgan fingerprint density at radius 1 is 1.67 bits per heavy atom. The van der Waals surface area contributed by atoms with E-state index in [2.05, 4.69) is 0 Å². The van der Waals surface area contributed by atoms with Gasteiger partial charge in [0.05, 0.1) is 0 Å². The van der Waals surface area contributed by atoms with Gasteiger partial charge in [-0.05, 0) is 31.7 Å². The molecule has 0 heterocycles. The lowest BCUT2D eigenvalue weighted by molar-refractivity contribution is -0.153. The van der Waals surface area contributed by atoms with Crippen LogP contribution >= 0.6 is 0 Å². The van der Waals surface area contributed by atoms with Crippen molar-refractivity contribution in [3.05, 3.63) is 0 Å². The van der Waals surface area contributed by atoms with E-state index in [1.807, 2.05) is 6.92 Å². The zero-order valence-electron chi connectivity index (χ0n) is 7.58. The summed E-state index contributed by atoms with van der Waals surface area (Å²) in [4.78, 5) is 11.1. The van der Waals surface area contributed by atoms with Gasteiger partial charge in [-0.15, -0.1) is 0 Å². The lowest BCUT2D eigenvalue weighted by Gasteiger charge is -2.25. The van der Waals surface area contributed by atoms with Crippen molar-refractivity contribution in [3.63, 3.8) is 0 Å². The molecule has 0 aromatic carbocycles. The van der Waals surface area contributed by atoms with E-state index in [0.717, 1.165) is 12.8 Å². The lowest BCUT2D eigenvalue weighted by Crippen LogP contribution is -2.26. The molecular weight excluding hydrogens is 154 g/mol. The Morgan fingerprint density at radius 2 is 2.33 bits per heavy atom. The molecule has 0 aromatic rings. The molecule has 0 bridgehead atoms. The summed E-state index contributed by atoms with van der Waals surface area (Å²) >= 11 is 0. The summed E-state index contributed by atoms with van der Waals surface area (Å²) in [5, 5.41) is 0. The Kier molecular flexibility index (Phi) is 3.53. The highest BCUT2D eigenvalue weighted by atomic mass is 16.5. The smallest absolute Gasteiger partial charge is 0.306 e. The van der Waals surface area contributed by atoms with E-state index in [9.17, 15) is 4.79 Å². The van der Waals surface area contributed by atoms with Crippen molar-refractivity contribution in [1.82, 2.24) is 0 Å². The highest BCUT2D eigenvalue weighted by molar-refractivity contribution is 5.69. The van der Waals surface area contributed by atoms with E-state index in [4.69, 9.17) is 10.5 Å². The van der Waals surface area contributed by atoms with Gasteiger partial charge in [0.15, 0.2) is 0 Å². The molecule has 2 N–H and O–H groups in total. The molecule has 1 saturated carbocycles. The number of carbonyl (C=O) groups excluding carboxylic acids is 1. The maximum absolute atomic E-state index is 11.1. The standard InChI is InChI=1S/C9H17NO2/c1-7(6-10)5-9(11)12-8-3-2-4-8/h7-8H,2-6,10H2,1H3. The Hall–Kier alpha value is -0.570. The van der Waals surface area contributed by atoms with Gasteiger partial charge in [0, 0.05) is 6.42 Å². The van der Waals surface area contributed by atoms with Crippen molar-refractivity contribution in [2.24, 2.45) is 11.7 Å². The molecule has 1 fully saturated rings. The quantitative estimate of drug-likeness (QED) is 0.644. The molecule has 3 heteroatoms. The van der Waals surface area contributed by atoms with Crippen LogP contribution in [0.5, 0.6) is 0 Å². The summed E-state index contributed by atoms with van der Waals surface area (Å²) in [6.45, 7) is 2.52. The van der Waals surface area contributed by atoms with Gasteiger partial charge in [-0.25, -0.2) is 0 Å². The lowest BCUT2D eigenvalue weighted by atomic mass is 9.96. The number of hydrogen-bond donors (Lipinski definition) is 1. The molecule has 0 aromatic heterocycles. The number of ether oxygens (including phenoxy) is 1. The molecule has 0 spiro atoms. The van der Waals surface area contributed by atoms with Crippen molar-refractivity contribution in [3.8, 4) is 0 Å². The summed E-state index contributed by atoms with van der Waals surface area (Å²) < 4.78 is 5.16. The molecule has 0 aliphatic heterocycles. The van der Waals surface area contributed by atoms with Crippen molar-refractivity contribution in [2.45, 2.75) is 38.7 Å². The van der Waals surface area contributed by atoms with Gasteiger partial charge >= 0.3 is 5.97 Å². The van der Waals surface area contributed by atoms with E-state index >= 15 is 0 Å². The van der Waals surface area contributed by atoms with Gasteiger partial charge in [0.25, 0.3) is 0 Å².